The van der Waals surface area contributed by atoms with Gasteiger partial charge in [-0.25, -0.2) is 0 Å². The topological polar surface area (TPSA) is 84.2 Å². The maximum absolute atomic E-state index is 12.5. The number of methoxy groups -OCH3 is 1. The molecule has 0 aliphatic rings. The van der Waals surface area contributed by atoms with Crippen LogP contribution in [0.4, 0.5) is 0 Å². The number of aromatic nitrogens is 2. The van der Waals surface area contributed by atoms with Gasteiger partial charge in [0, 0.05) is 19.9 Å². The Hall–Kier alpha value is -2.18. The van der Waals surface area contributed by atoms with E-state index in [2.05, 4.69) is 10.2 Å². The fraction of sp³-hybridized carbons (Fsp3) is 0.333. The number of ether oxygens (including phenoxy) is 1. The van der Waals surface area contributed by atoms with E-state index < -0.39 is 6.04 Å². The Balaban J connectivity index is 2.11. The number of carbonyl (C=O) groups excluding carboxylic acids is 1. The zero-order chi connectivity index (χ0) is 15.1. The van der Waals surface area contributed by atoms with Gasteiger partial charge in [0.25, 0.3) is 0 Å². The fourth-order valence-corrected chi connectivity index (χ4v) is 2.08. The average molecular weight is 288 g/mol. The first-order chi connectivity index (χ1) is 10.2. The first-order valence-electron chi connectivity index (χ1n) is 6.76. The van der Waals surface area contributed by atoms with Gasteiger partial charge in [0.15, 0.2) is 0 Å². The quantitative estimate of drug-likeness (QED) is 0.793. The van der Waals surface area contributed by atoms with Gasteiger partial charge in [0.2, 0.25) is 5.91 Å². The van der Waals surface area contributed by atoms with Crippen LogP contribution in [0.2, 0.25) is 0 Å². The summed E-state index contributed by atoms with van der Waals surface area (Å²) in [5, 5.41) is 6.77. The molecule has 3 N–H and O–H groups in total. The van der Waals surface area contributed by atoms with Crippen LogP contribution in [0.3, 0.4) is 0 Å². The lowest BCUT2D eigenvalue weighted by Crippen LogP contribution is -2.45. The van der Waals surface area contributed by atoms with Gasteiger partial charge in [0.1, 0.15) is 6.04 Å². The molecule has 0 aliphatic heterocycles. The molecule has 0 bridgehead atoms. The molecule has 2 aromatic rings. The molecule has 6 nitrogen and oxygen atoms in total. The third kappa shape index (κ3) is 4.40. The van der Waals surface area contributed by atoms with E-state index in [1.807, 2.05) is 36.4 Å². The molecule has 1 atom stereocenters. The van der Waals surface area contributed by atoms with Crippen LogP contribution in [0.5, 0.6) is 0 Å². The molecule has 1 unspecified atom stereocenters. The molecule has 1 aromatic heterocycles. The summed E-state index contributed by atoms with van der Waals surface area (Å²) < 4.78 is 4.97. The molecule has 0 radical (unpaired) electrons. The Kier molecular flexibility index (Phi) is 5.48. The Labute approximate surface area is 123 Å². The molecule has 6 heteroatoms. The molecule has 0 fully saturated rings. The van der Waals surface area contributed by atoms with E-state index >= 15 is 0 Å². The monoisotopic (exact) mass is 288 g/mol. The van der Waals surface area contributed by atoms with Crippen molar-refractivity contribution in [3.63, 3.8) is 0 Å². The zero-order valence-corrected chi connectivity index (χ0v) is 12.0. The maximum atomic E-state index is 12.5. The van der Waals surface area contributed by atoms with Gasteiger partial charge in [-0.15, -0.1) is 0 Å². The second-order valence-corrected chi connectivity index (χ2v) is 4.82. The van der Waals surface area contributed by atoms with Gasteiger partial charge in [-0.3, -0.25) is 9.89 Å². The van der Waals surface area contributed by atoms with E-state index in [-0.39, 0.29) is 12.5 Å². The number of H-pyrrole nitrogens is 1. The highest BCUT2D eigenvalue weighted by atomic mass is 16.5. The van der Waals surface area contributed by atoms with Crippen molar-refractivity contribution in [3.05, 3.63) is 53.9 Å². The Morgan fingerprint density at radius 1 is 1.33 bits per heavy atom. The Bertz CT molecular complexity index is 542. The van der Waals surface area contributed by atoms with E-state index in [0.717, 1.165) is 11.3 Å². The molecule has 0 saturated carbocycles. The molecule has 0 spiro atoms. The van der Waals surface area contributed by atoms with E-state index in [4.69, 9.17) is 10.5 Å². The lowest BCUT2D eigenvalue weighted by molar-refractivity contribution is -0.135. The van der Waals surface area contributed by atoms with Crippen molar-refractivity contribution >= 4 is 5.91 Å². The zero-order valence-electron chi connectivity index (χ0n) is 12.0. The van der Waals surface area contributed by atoms with Crippen molar-refractivity contribution in [1.29, 1.82) is 0 Å². The molecule has 0 saturated heterocycles. The first kappa shape index (κ1) is 15.2. The molecule has 2 rings (SSSR count). The number of rotatable bonds is 7. The minimum atomic E-state index is -0.665. The number of benzene rings is 1. The van der Waals surface area contributed by atoms with Gasteiger partial charge in [0.05, 0.1) is 18.8 Å². The van der Waals surface area contributed by atoms with Crippen molar-refractivity contribution in [3.8, 4) is 0 Å². The summed E-state index contributed by atoms with van der Waals surface area (Å²) in [5.74, 6) is -0.143. The third-order valence-corrected chi connectivity index (χ3v) is 3.11. The number of amides is 1. The van der Waals surface area contributed by atoms with Gasteiger partial charge < -0.3 is 15.4 Å². The van der Waals surface area contributed by atoms with Crippen molar-refractivity contribution < 1.29 is 9.53 Å². The van der Waals surface area contributed by atoms with Crippen molar-refractivity contribution in [1.82, 2.24) is 15.1 Å². The van der Waals surface area contributed by atoms with Crippen LogP contribution in [0, 0.1) is 0 Å². The van der Waals surface area contributed by atoms with Gasteiger partial charge >= 0.3 is 0 Å². The highest BCUT2D eigenvalue weighted by Gasteiger charge is 2.21. The summed E-state index contributed by atoms with van der Waals surface area (Å²) in [5.41, 5.74) is 7.78. The van der Waals surface area contributed by atoms with Gasteiger partial charge in [-0.05, 0) is 11.6 Å². The number of hydrogen-bond donors (Lipinski definition) is 2. The third-order valence-electron chi connectivity index (χ3n) is 3.11. The van der Waals surface area contributed by atoms with Gasteiger partial charge in [-0.2, -0.15) is 5.10 Å². The number of aromatic amines is 1. The second kappa shape index (κ2) is 7.56. The van der Waals surface area contributed by atoms with Gasteiger partial charge in [-0.1, -0.05) is 30.3 Å². The predicted molar refractivity (Wildman–Crippen MR) is 79.1 cm³/mol. The van der Waals surface area contributed by atoms with Crippen LogP contribution in [0.15, 0.2) is 42.6 Å². The lowest BCUT2D eigenvalue weighted by atomic mass is 10.2. The summed E-state index contributed by atoms with van der Waals surface area (Å²) in [4.78, 5) is 14.2. The van der Waals surface area contributed by atoms with Crippen LogP contribution < -0.4 is 5.73 Å². The molecule has 21 heavy (non-hydrogen) atoms. The number of hydrogen-bond acceptors (Lipinski definition) is 4. The number of nitrogens with zero attached hydrogens (tertiary/aromatic N) is 2. The molecule has 1 aromatic carbocycles. The van der Waals surface area contributed by atoms with Crippen molar-refractivity contribution in [2.45, 2.75) is 19.1 Å². The molecule has 0 aliphatic carbocycles. The molecular formula is C15H20N4O2. The molecule has 1 amide bonds. The highest BCUT2D eigenvalue weighted by molar-refractivity contribution is 5.81. The summed E-state index contributed by atoms with van der Waals surface area (Å²) >= 11 is 0. The van der Waals surface area contributed by atoms with E-state index in [9.17, 15) is 4.79 Å². The summed E-state index contributed by atoms with van der Waals surface area (Å²) in [7, 11) is 1.53. The summed E-state index contributed by atoms with van der Waals surface area (Å²) in [6.45, 7) is 1.13. The molecular weight excluding hydrogens is 268 g/mol. The lowest BCUT2D eigenvalue weighted by Gasteiger charge is -2.25. The number of carbonyl (C=O) groups is 1. The minimum absolute atomic E-state index is 0.143. The summed E-state index contributed by atoms with van der Waals surface area (Å²) in [6, 6.07) is 11.0. The SMILES string of the molecule is COCC(N)C(=O)N(Cc1ccccc1)Cc1ccn[nH]1. The van der Waals surface area contributed by atoms with Crippen molar-refractivity contribution in [2.75, 3.05) is 13.7 Å². The first-order valence-corrected chi connectivity index (χ1v) is 6.76. The Morgan fingerprint density at radius 2 is 2.10 bits per heavy atom. The predicted octanol–water partition coefficient (Wildman–Crippen LogP) is 0.912. The van der Waals surface area contributed by atoms with Crippen LogP contribution in [0.25, 0.3) is 0 Å². The second-order valence-electron chi connectivity index (χ2n) is 4.82. The molecule has 1 heterocycles. The normalized spacial score (nSPS) is 12.1. The smallest absolute Gasteiger partial charge is 0.242 e. The maximum Gasteiger partial charge on any atom is 0.242 e. The van der Waals surface area contributed by atoms with Crippen LogP contribution in [-0.4, -0.2) is 40.8 Å². The van der Waals surface area contributed by atoms with Crippen LogP contribution >= 0.6 is 0 Å². The van der Waals surface area contributed by atoms with E-state index in [1.54, 1.807) is 11.1 Å². The highest BCUT2D eigenvalue weighted by Crippen LogP contribution is 2.10. The largest absolute Gasteiger partial charge is 0.383 e. The fourth-order valence-electron chi connectivity index (χ4n) is 2.08. The summed E-state index contributed by atoms with van der Waals surface area (Å²) in [6.07, 6.45) is 1.66. The minimum Gasteiger partial charge on any atom is -0.383 e. The number of nitrogens with two attached hydrogens (primary N) is 1. The van der Waals surface area contributed by atoms with E-state index in [0.29, 0.717) is 13.1 Å². The Morgan fingerprint density at radius 3 is 2.71 bits per heavy atom. The van der Waals surface area contributed by atoms with Crippen LogP contribution in [0.1, 0.15) is 11.3 Å². The van der Waals surface area contributed by atoms with E-state index in [1.165, 1.54) is 7.11 Å². The average Bonchev–Trinajstić information content (AvgIpc) is 3.00. The van der Waals surface area contributed by atoms with Crippen LogP contribution in [-0.2, 0) is 22.6 Å². The van der Waals surface area contributed by atoms with Crippen molar-refractivity contribution in [2.24, 2.45) is 5.73 Å². The standard InChI is InChI=1S/C15H20N4O2/c1-21-11-14(16)15(20)19(10-13-7-8-17-18-13)9-12-5-3-2-4-6-12/h2-8,14H,9-11,16H2,1H3,(H,17,18). The number of nitrogens with one attached hydrogen (secondary N) is 1. The molecule has 112 valence electrons.